The van der Waals surface area contributed by atoms with Gasteiger partial charge in [-0.25, -0.2) is 0 Å². The van der Waals surface area contributed by atoms with Gasteiger partial charge in [-0.2, -0.15) is 0 Å². The summed E-state index contributed by atoms with van der Waals surface area (Å²) in [6.45, 7) is 8.95. The molecule has 2 nitrogen and oxygen atoms in total. The topological polar surface area (TPSA) is 29.3 Å². The monoisotopic (exact) mass is 234 g/mol. The zero-order chi connectivity index (χ0) is 12.7. The predicted molar refractivity (Wildman–Crippen MR) is 77.6 cm³/mol. The molecule has 17 heavy (non-hydrogen) atoms. The van der Waals surface area contributed by atoms with Crippen LogP contribution < -0.4 is 10.6 Å². The maximum Gasteiger partial charge on any atom is 0.0397 e. The summed E-state index contributed by atoms with van der Waals surface area (Å²) in [6.07, 6.45) is 5.01. The van der Waals surface area contributed by atoms with Gasteiger partial charge in [0.05, 0.1) is 0 Å². The van der Waals surface area contributed by atoms with Crippen LogP contribution in [0.4, 0.5) is 11.4 Å². The first-order chi connectivity index (χ1) is 8.19. The first kappa shape index (κ1) is 13.9. The lowest BCUT2D eigenvalue weighted by Crippen LogP contribution is -2.26. The third-order valence-corrected chi connectivity index (χ3v) is 3.12. The van der Waals surface area contributed by atoms with E-state index in [1.54, 1.807) is 0 Å². The molecule has 2 heteroatoms. The van der Waals surface area contributed by atoms with Crippen molar-refractivity contribution in [3.05, 3.63) is 23.8 Å². The van der Waals surface area contributed by atoms with Gasteiger partial charge in [0.25, 0.3) is 0 Å². The van der Waals surface area contributed by atoms with E-state index in [1.165, 1.54) is 36.9 Å². The molecule has 0 unspecified atom stereocenters. The van der Waals surface area contributed by atoms with Gasteiger partial charge in [-0.1, -0.05) is 26.7 Å². The molecule has 0 aliphatic rings. The van der Waals surface area contributed by atoms with Gasteiger partial charge in [-0.3, -0.25) is 0 Å². The van der Waals surface area contributed by atoms with Crippen molar-refractivity contribution in [1.82, 2.24) is 0 Å². The molecule has 0 aromatic heterocycles. The molecule has 0 saturated carbocycles. The van der Waals surface area contributed by atoms with E-state index in [1.807, 2.05) is 6.07 Å². The quantitative estimate of drug-likeness (QED) is 0.723. The molecular weight excluding hydrogens is 208 g/mol. The van der Waals surface area contributed by atoms with Crippen molar-refractivity contribution in [3.8, 4) is 0 Å². The number of unbranched alkanes of at least 4 members (excludes halogenated alkanes) is 2. The molecule has 0 bridgehead atoms. The Morgan fingerprint density at radius 1 is 1.06 bits per heavy atom. The van der Waals surface area contributed by atoms with Crippen molar-refractivity contribution in [3.63, 3.8) is 0 Å². The Kier molecular flexibility index (Phi) is 5.88. The molecule has 1 aromatic rings. The molecule has 0 fully saturated rings. The molecule has 2 N–H and O–H groups in total. The average molecular weight is 234 g/mol. The Morgan fingerprint density at radius 3 is 2.12 bits per heavy atom. The van der Waals surface area contributed by atoms with E-state index in [2.05, 4.69) is 37.8 Å². The van der Waals surface area contributed by atoms with Crippen LogP contribution in [0.5, 0.6) is 0 Å². The molecule has 1 aromatic carbocycles. The molecule has 0 aliphatic carbocycles. The second-order valence-electron chi connectivity index (χ2n) is 4.74. The number of benzene rings is 1. The normalized spacial score (nSPS) is 10.5. The Bertz CT molecular complexity index is 326. The highest BCUT2D eigenvalue weighted by Gasteiger charge is 2.08. The smallest absolute Gasteiger partial charge is 0.0397 e. The van der Waals surface area contributed by atoms with Crippen LogP contribution in [0.2, 0.25) is 0 Å². The summed E-state index contributed by atoms with van der Waals surface area (Å²) in [7, 11) is 0. The van der Waals surface area contributed by atoms with E-state index in [4.69, 9.17) is 5.73 Å². The Balaban J connectivity index is 2.79. The van der Waals surface area contributed by atoms with Crippen molar-refractivity contribution < 1.29 is 0 Å². The molecule has 0 heterocycles. The van der Waals surface area contributed by atoms with Gasteiger partial charge in [-0.15, -0.1) is 0 Å². The lowest BCUT2D eigenvalue weighted by Gasteiger charge is -2.26. The number of hydrogen-bond donors (Lipinski definition) is 1. The zero-order valence-electron chi connectivity index (χ0n) is 11.5. The van der Waals surface area contributed by atoms with Crippen LogP contribution in [0, 0.1) is 6.92 Å². The minimum atomic E-state index is 0.859. The van der Waals surface area contributed by atoms with Gasteiger partial charge >= 0.3 is 0 Å². The second-order valence-corrected chi connectivity index (χ2v) is 4.74. The average Bonchev–Trinajstić information content (AvgIpc) is 2.30. The Labute approximate surface area is 106 Å². The van der Waals surface area contributed by atoms with Crippen molar-refractivity contribution in [2.24, 2.45) is 0 Å². The third-order valence-electron chi connectivity index (χ3n) is 3.12. The third kappa shape index (κ3) is 4.29. The van der Waals surface area contributed by atoms with Gasteiger partial charge in [0, 0.05) is 24.5 Å². The zero-order valence-corrected chi connectivity index (χ0v) is 11.5. The summed E-state index contributed by atoms with van der Waals surface area (Å²) in [5.41, 5.74) is 9.31. The molecule has 0 spiro atoms. The standard InChI is InChI=1S/C15H26N2/c1-4-6-10-17(11-7-5-2)15-9-8-14(16)12-13(15)3/h8-9,12H,4-7,10-11,16H2,1-3H3. The Hall–Kier alpha value is -1.18. The van der Waals surface area contributed by atoms with Crippen LogP contribution in [0.25, 0.3) is 0 Å². The van der Waals surface area contributed by atoms with Crippen LogP contribution in [0.1, 0.15) is 45.1 Å². The van der Waals surface area contributed by atoms with Crippen molar-refractivity contribution >= 4 is 11.4 Å². The SMILES string of the molecule is CCCCN(CCCC)c1ccc(N)cc1C. The predicted octanol–water partition coefficient (Wildman–Crippen LogP) is 3.98. The number of rotatable bonds is 7. The molecule has 0 atom stereocenters. The van der Waals surface area contributed by atoms with Gasteiger partial charge in [0.1, 0.15) is 0 Å². The minimum Gasteiger partial charge on any atom is -0.399 e. The lowest BCUT2D eigenvalue weighted by molar-refractivity contribution is 0.677. The summed E-state index contributed by atoms with van der Waals surface area (Å²) in [5, 5.41) is 0. The molecule has 0 saturated heterocycles. The first-order valence-electron chi connectivity index (χ1n) is 6.80. The molecule has 0 amide bonds. The maximum absolute atomic E-state index is 5.81. The highest BCUT2D eigenvalue weighted by molar-refractivity contribution is 5.59. The van der Waals surface area contributed by atoms with Crippen molar-refractivity contribution in [2.45, 2.75) is 46.5 Å². The fourth-order valence-electron chi connectivity index (χ4n) is 2.08. The highest BCUT2D eigenvalue weighted by atomic mass is 15.1. The summed E-state index contributed by atoms with van der Waals surface area (Å²) < 4.78 is 0. The molecule has 0 radical (unpaired) electrons. The van der Waals surface area contributed by atoms with Crippen molar-refractivity contribution in [2.75, 3.05) is 23.7 Å². The summed E-state index contributed by atoms with van der Waals surface area (Å²) in [5.74, 6) is 0. The van der Waals surface area contributed by atoms with E-state index in [0.29, 0.717) is 0 Å². The number of nitrogens with zero attached hydrogens (tertiary/aromatic N) is 1. The van der Waals surface area contributed by atoms with Gasteiger partial charge in [0.15, 0.2) is 0 Å². The van der Waals surface area contributed by atoms with E-state index >= 15 is 0 Å². The largest absolute Gasteiger partial charge is 0.399 e. The maximum atomic E-state index is 5.81. The van der Waals surface area contributed by atoms with Crippen LogP contribution in [0.3, 0.4) is 0 Å². The number of nitrogens with two attached hydrogens (primary N) is 1. The molecule has 0 aliphatic heterocycles. The molecule has 1 rings (SSSR count). The van der Waals surface area contributed by atoms with Gasteiger partial charge in [-0.05, 0) is 43.5 Å². The van der Waals surface area contributed by atoms with Gasteiger partial charge in [0.2, 0.25) is 0 Å². The Morgan fingerprint density at radius 2 is 1.65 bits per heavy atom. The van der Waals surface area contributed by atoms with Crippen LogP contribution in [-0.4, -0.2) is 13.1 Å². The fraction of sp³-hybridized carbons (Fsp3) is 0.600. The number of aryl methyl sites for hydroxylation is 1. The van der Waals surface area contributed by atoms with Gasteiger partial charge < -0.3 is 10.6 Å². The van der Waals surface area contributed by atoms with E-state index in [0.717, 1.165) is 18.8 Å². The van der Waals surface area contributed by atoms with E-state index in [9.17, 15) is 0 Å². The van der Waals surface area contributed by atoms with Crippen molar-refractivity contribution in [1.29, 1.82) is 0 Å². The number of nitrogen functional groups attached to an aromatic ring is 1. The first-order valence-corrected chi connectivity index (χ1v) is 6.80. The fourth-order valence-corrected chi connectivity index (χ4v) is 2.08. The summed E-state index contributed by atoms with van der Waals surface area (Å²) >= 11 is 0. The molecule has 96 valence electrons. The lowest BCUT2D eigenvalue weighted by atomic mass is 10.1. The summed E-state index contributed by atoms with van der Waals surface area (Å²) in [6, 6.07) is 6.24. The van der Waals surface area contributed by atoms with E-state index < -0.39 is 0 Å². The van der Waals surface area contributed by atoms with E-state index in [-0.39, 0.29) is 0 Å². The molecular formula is C15H26N2. The second kappa shape index (κ2) is 7.21. The summed E-state index contributed by atoms with van der Waals surface area (Å²) in [4.78, 5) is 2.50. The number of anilines is 2. The van der Waals surface area contributed by atoms with Crippen LogP contribution in [0.15, 0.2) is 18.2 Å². The van der Waals surface area contributed by atoms with Crippen LogP contribution >= 0.6 is 0 Å². The highest BCUT2D eigenvalue weighted by Crippen LogP contribution is 2.23. The van der Waals surface area contributed by atoms with Crippen LogP contribution in [-0.2, 0) is 0 Å². The number of hydrogen-bond acceptors (Lipinski definition) is 2. The minimum absolute atomic E-state index is 0.859.